The van der Waals surface area contributed by atoms with Crippen LogP contribution in [-0.4, -0.2) is 43.2 Å². The van der Waals surface area contributed by atoms with E-state index in [0.717, 1.165) is 50.4 Å². The van der Waals surface area contributed by atoms with Gasteiger partial charge in [-0.3, -0.25) is 0 Å². The van der Waals surface area contributed by atoms with Crippen LogP contribution in [0.3, 0.4) is 0 Å². The third kappa shape index (κ3) is 3.22. The minimum Gasteiger partial charge on any atom is -0.490 e. The molecule has 7 rings (SSSR count). The monoisotopic (exact) mass is 461 g/mol. The van der Waals surface area contributed by atoms with Gasteiger partial charge < -0.3 is 14.4 Å². The van der Waals surface area contributed by atoms with Crippen molar-refractivity contribution in [3.8, 4) is 5.75 Å². The molecule has 1 atom stereocenters. The zero-order chi connectivity index (χ0) is 22.9. The molecule has 0 spiro atoms. The van der Waals surface area contributed by atoms with E-state index >= 15 is 8.78 Å². The van der Waals surface area contributed by atoms with Gasteiger partial charge in [-0.2, -0.15) is 0 Å². The molecule has 2 heterocycles. The van der Waals surface area contributed by atoms with E-state index in [1.54, 1.807) is 0 Å². The van der Waals surface area contributed by atoms with Crippen LogP contribution < -0.4 is 4.74 Å². The van der Waals surface area contributed by atoms with Crippen LogP contribution in [-0.2, 0) is 10.3 Å². The number of rotatable bonds is 7. The molecule has 0 aromatic heterocycles. The molecule has 1 unspecified atom stereocenters. The van der Waals surface area contributed by atoms with E-state index in [2.05, 4.69) is 4.90 Å². The Morgan fingerprint density at radius 2 is 1.67 bits per heavy atom. The molecule has 0 radical (unpaired) electrons. The average Bonchev–Trinajstić information content (AvgIpc) is 3.54. The zero-order valence-corrected chi connectivity index (χ0v) is 18.3. The molecule has 33 heavy (non-hydrogen) atoms. The fourth-order valence-electron chi connectivity index (χ4n) is 6.67. The number of hydrogen-bond donors (Lipinski definition) is 0. The molecule has 2 aromatic rings. The Balaban J connectivity index is 1.06. The molecular weight excluding hydrogens is 434 g/mol. The van der Waals surface area contributed by atoms with Crippen LogP contribution in [0.5, 0.6) is 5.75 Å². The van der Waals surface area contributed by atoms with E-state index in [1.807, 2.05) is 30.3 Å². The molecule has 2 aromatic carbocycles. The molecule has 3 nitrogen and oxygen atoms in total. The minimum atomic E-state index is -3.18. The molecule has 5 fully saturated rings. The lowest BCUT2D eigenvalue weighted by Crippen LogP contribution is -2.74. The second kappa shape index (κ2) is 7.19. The average molecular weight is 461 g/mol. The highest BCUT2D eigenvalue weighted by Crippen LogP contribution is 2.81. The molecule has 0 N–H and O–H groups in total. The zero-order valence-electron chi connectivity index (χ0n) is 18.3. The van der Waals surface area contributed by atoms with Crippen LogP contribution in [0.15, 0.2) is 48.5 Å². The van der Waals surface area contributed by atoms with Gasteiger partial charge >= 0.3 is 0 Å². The van der Waals surface area contributed by atoms with E-state index in [0.29, 0.717) is 25.3 Å². The first-order valence-corrected chi connectivity index (χ1v) is 11.7. The van der Waals surface area contributed by atoms with Crippen molar-refractivity contribution in [3.63, 3.8) is 0 Å². The number of nitrogens with zero attached hydrogens (tertiary/aromatic N) is 1. The summed E-state index contributed by atoms with van der Waals surface area (Å²) in [5, 5.41) is 0. The Kier molecular flexibility index (Phi) is 4.67. The summed E-state index contributed by atoms with van der Waals surface area (Å²) in [4.78, 5) is 2.37. The van der Waals surface area contributed by atoms with Crippen LogP contribution in [0.25, 0.3) is 0 Å². The molecule has 3 aliphatic carbocycles. The molecule has 3 saturated carbocycles. The number of likely N-dealkylation sites (tertiary alicyclic amines) is 1. The number of alkyl halides is 2. The van der Waals surface area contributed by atoms with Gasteiger partial charge in [0.15, 0.2) is 5.60 Å². The summed E-state index contributed by atoms with van der Waals surface area (Å²) in [6, 6.07) is 12.6. The summed E-state index contributed by atoms with van der Waals surface area (Å²) in [6.07, 6.45) is 3.33. The quantitative estimate of drug-likeness (QED) is 0.400. The Hall–Kier alpha value is -2.12. The maximum absolute atomic E-state index is 15.7. The van der Waals surface area contributed by atoms with Crippen molar-refractivity contribution in [1.82, 2.24) is 4.90 Å². The Labute approximate surface area is 190 Å². The number of piperidine rings is 1. The first-order chi connectivity index (χ1) is 15.8. The van der Waals surface area contributed by atoms with Crippen molar-refractivity contribution in [2.45, 2.75) is 49.7 Å². The van der Waals surface area contributed by atoms with Gasteiger partial charge in [0, 0.05) is 36.7 Å². The number of para-hydroxylation sites is 1. The summed E-state index contributed by atoms with van der Waals surface area (Å²) < 4.78 is 70.3. The lowest BCUT2D eigenvalue weighted by Gasteiger charge is -2.74. The van der Waals surface area contributed by atoms with Gasteiger partial charge in [-0.25, -0.2) is 17.6 Å². The van der Waals surface area contributed by atoms with Gasteiger partial charge in [-0.15, -0.1) is 0 Å². The third-order valence-corrected chi connectivity index (χ3v) is 8.25. The van der Waals surface area contributed by atoms with E-state index in [1.165, 1.54) is 0 Å². The number of benzene rings is 2. The first-order valence-electron chi connectivity index (χ1n) is 11.7. The maximum atomic E-state index is 15.7. The van der Waals surface area contributed by atoms with Crippen LogP contribution in [0, 0.1) is 22.5 Å². The smallest absolute Gasteiger partial charge is 0.288 e. The van der Waals surface area contributed by atoms with Crippen molar-refractivity contribution in [1.29, 1.82) is 0 Å². The number of hydrogen-bond acceptors (Lipinski definition) is 3. The van der Waals surface area contributed by atoms with E-state index in [4.69, 9.17) is 9.47 Å². The van der Waals surface area contributed by atoms with Crippen LogP contribution in [0.4, 0.5) is 17.6 Å². The fraction of sp³-hybridized carbons (Fsp3) is 0.538. The van der Waals surface area contributed by atoms with Crippen molar-refractivity contribution in [3.05, 3.63) is 65.7 Å². The van der Waals surface area contributed by atoms with Crippen molar-refractivity contribution >= 4 is 0 Å². The Morgan fingerprint density at radius 3 is 2.27 bits per heavy atom. The molecule has 5 aliphatic rings. The number of epoxide rings is 1. The summed E-state index contributed by atoms with van der Waals surface area (Å²) in [5.74, 6) is -4.04. The molecule has 2 aliphatic heterocycles. The summed E-state index contributed by atoms with van der Waals surface area (Å²) in [6.45, 7) is 2.39. The number of halogens is 4. The predicted molar refractivity (Wildman–Crippen MR) is 114 cm³/mol. The molecule has 2 saturated heterocycles. The van der Waals surface area contributed by atoms with E-state index in [-0.39, 0.29) is 23.7 Å². The van der Waals surface area contributed by atoms with E-state index in [9.17, 15) is 8.78 Å². The molecule has 0 amide bonds. The highest BCUT2D eigenvalue weighted by atomic mass is 19.3. The Morgan fingerprint density at radius 1 is 1.00 bits per heavy atom. The second-order valence-corrected chi connectivity index (χ2v) is 10.5. The van der Waals surface area contributed by atoms with Crippen LogP contribution in [0.1, 0.15) is 37.7 Å². The van der Waals surface area contributed by atoms with E-state index < -0.39 is 28.6 Å². The summed E-state index contributed by atoms with van der Waals surface area (Å²) in [7, 11) is 0. The summed E-state index contributed by atoms with van der Waals surface area (Å²) >= 11 is 0. The lowest BCUT2D eigenvalue weighted by atomic mass is 9.32. The third-order valence-electron chi connectivity index (χ3n) is 8.25. The molecule has 176 valence electrons. The van der Waals surface area contributed by atoms with Gasteiger partial charge in [0.1, 0.15) is 23.5 Å². The number of ether oxygens (including phenoxy) is 2. The minimum absolute atomic E-state index is 0.0754. The normalized spacial score (nSPS) is 33.8. The summed E-state index contributed by atoms with van der Waals surface area (Å²) in [5.41, 5.74) is -3.40. The van der Waals surface area contributed by atoms with Gasteiger partial charge in [-0.05, 0) is 61.8 Å². The van der Waals surface area contributed by atoms with Crippen LogP contribution in [0.2, 0.25) is 0 Å². The largest absolute Gasteiger partial charge is 0.490 e. The van der Waals surface area contributed by atoms with Gasteiger partial charge in [-0.1, -0.05) is 18.2 Å². The molecule has 7 heteroatoms. The van der Waals surface area contributed by atoms with Crippen LogP contribution >= 0.6 is 0 Å². The fourth-order valence-corrected chi connectivity index (χ4v) is 6.67. The standard InChI is InChI=1S/C26H27F4NO2/c27-18-6-7-21(22(28)12-18)25(17-32-25)26(29,30)24-13-23(14-24,15-24)16-31-10-8-20(9-11-31)33-19-4-2-1-3-5-19/h1-7,12,20H,8-11,13-17H2. The van der Waals surface area contributed by atoms with Gasteiger partial charge in [0.2, 0.25) is 0 Å². The van der Waals surface area contributed by atoms with Crippen molar-refractivity contribution < 1.29 is 27.0 Å². The molecule has 2 bridgehead atoms. The van der Waals surface area contributed by atoms with Gasteiger partial charge in [0.05, 0.1) is 6.61 Å². The van der Waals surface area contributed by atoms with Crippen molar-refractivity contribution in [2.24, 2.45) is 10.8 Å². The second-order valence-electron chi connectivity index (χ2n) is 10.5. The Bertz CT molecular complexity index is 1030. The highest BCUT2D eigenvalue weighted by molar-refractivity contribution is 5.37. The SMILES string of the molecule is Fc1ccc(C2(C(F)(F)C34CC(CN5CCC(Oc6ccccc6)CC5)(C3)C4)CO2)c(F)c1. The van der Waals surface area contributed by atoms with Crippen molar-refractivity contribution in [2.75, 3.05) is 26.2 Å². The first kappa shape index (κ1) is 21.4. The highest BCUT2D eigenvalue weighted by Gasteiger charge is 2.84. The van der Waals surface area contributed by atoms with Gasteiger partial charge in [0.25, 0.3) is 5.92 Å². The predicted octanol–water partition coefficient (Wildman–Crippen LogP) is 5.54. The lowest BCUT2D eigenvalue weighted by molar-refractivity contribution is -0.339. The maximum Gasteiger partial charge on any atom is 0.288 e. The topological polar surface area (TPSA) is 25.0 Å². The molecular formula is C26H27F4NO2.